The van der Waals surface area contributed by atoms with Gasteiger partial charge >= 0.3 is 12.0 Å². The predicted molar refractivity (Wildman–Crippen MR) is 64.6 cm³/mol. The number of hydrogen-bond acceptors (Lipinski definition) is 6. The van der Waals surface area contributed by atoms with Crippen LogP contribution in [0.4, 0.5) is 4.79 Å². The van der Waals surface area contributed by atoms with E-state index in [0.29, 0.717) is 12.4 Å². The van der Waals surface area contributed by atoms with Gasteiger partial charge in [-0.25, -0.2) is 4.79 Å². The highest BCUT2D eigenvalue weighted by molar-refractivity contribution is 5.77. The molecule has 0 saturated carbocycles. The summed E-state index contributed by atoms with van der Waals surface area (Å²) in [4.78, 5) is 28.5. The normalized spacial score (nSPS) is 21.6. The standard InChI is InChI=1S/C11H16N4O5/c1-2-15(8-5-19-4-7(8)10(16)17)11(18)12-3-9-13-6-20-14-9/h6-8H,2-5H2,1H3,(H,12,18)(H,16,17). The summed E-state index contributed by atoms with van der Waals surface area (Å²) in [6.07, 6.45) is 1.17. The maximum atomic E-state index is 12.1. The van der Waals surface area contributed by atoms with Crippen LogP contribution < -0.4 is 5.32 Å². The maximum Gasteiger partial charge on any atom is 0.318 e. The first kappa shape index (κ1) is 14.3. The second-order valence-corrected chi connectivity index (χ2v) is 4.34. The molecule has 9 nitrogen and oxygen atoms in total. The van der Waals surface area contributed by atoms with Gasteiger partial charge in [-0.05, 0) is 6.92 Å². The van der Waals surface area contributed by atoms with Crippen LogP contribution in [0.25, 0.3) is 0 Å². The van der Waals surface area contributed by atoms with Crippen LogP contribution in [0.15, 0.2) is 10.9 Å². The molecule has 1 fully saturated rings. The summed E-state index contributed by atoms with van der Waals surface area (Å²) in [5.41, 5.74) is 0. The first-order valence-electron chi connectivity index (χ1n) is 6.23. The van der Waals surface area contributed by atoms with Gasteiger partial charge in [0.05, 0.1) is 25.8 Å². The molecule has 2 unspecified atom stereocenters. The molecule has 1 saturated heterocycles. The number of carbonyl (C=O) groups is 2. The molecule has 2 N–H and O–H groups in total. The van der Waals surface area contributed by atoms with E-state index >= 15 is 0 Å². The number of aliphatic carboxylic acids is 1. The minimum Gasteiger partial charge on any atom is -0.481 e. The minimum absolute atomic E-state index is 0.120. The third kappa shape index (κ3) is 3.05. The van der Waals surface area contributed by atoms with E-state index < -0.39 is 17.9 Å². The fourth-order valence-corrected chi connectivity index (χ4v) is 2.14. The van der Waals surface area contributed by atoms with Crippen molar-refractivity contribution in [2.24, 2.45) is 5.92 Å². The van der Waals surface area contributed by atoms with Gasteiger partial charge in [0.2, 0.25) is 6.39 Å². The molecule has 0 aromatic carbocycles. The van der Waals surface area contributed by atoms with E-state index in [1.54, 1.807) is 6.92 Å². The van der Waals surface area contributed by atoms with Crippen LogP contribution in [0.2, 0.25) is 0 Å². The Morgan fingerprint density at radius 3 is 2.95 bits per heavy atom. The molecule has 0 aliphatic carbocycles. The zero-order valence-corrected chi connectivity index (χ0v) is 11.0. The van der Waals surface area contributed by atoms with E-state index in [0.717, 1.165) is 0 Å². The molecular formula is C11H16N4O5. The third-order valence-electron chi connectivity index (χ3n) is 3.17. The number of amides is 2. The molecule has 2 amide bonds. The molecule has 0 spiro atoms. The smallest absolute Gasteiger partial charge is 0.318 e. The number of urea groups is 1. The van der Waals surface area contributed by atoms with Gasteiger partial charge in [-0.1, -0.05) is 5.16 Å². The lowest BCUT2D eigenvalue weighted by Crippen LogP contribution is -2.50. The summed E-state index contributed by atoms with van der Waals surface area (Å²) < 4.78 is 9.73. The summed E-state index contributed by atoms with van der Waals surface area (Å²) in [6.45, 7) is 2.63. The van der Waals surface area contributed by atoms with Gasteiger partial charge in [-0.2, -0.15) is 4.98 Å². The van der Waals surface area contributed by atoms with Gasteiger partial charge in [0, 0.05) is 6.54 Å². The van der Waals surface area contributed by atoms with Crippen molar-refractivity contribution in [3.05, 3.63) is 12.2 Å². The van der Waals surface area contributed by atoms with E-state index in [9.17, 15) is 9.59 Å². The number of nitrogens with one attached hydrogen (secondary N) is 1. The molecule has 1 aliphatic rings. The monoisotopic (exact) mass is 284 g/mol. The van der Waals surface area contributed by atoms with Crippen molar-refractivity contribution < 1.29 is 24.0 Å². The minimum atomic E-state index is -0.961. The SMILES string of the molecule is CCN(C(=O)NCc1ncon1)C1COCC1C(=O)O. The van der Waals surface area contributed by atoms with Crippen LogP contribution in [0.5, 0.6) is 0 Å². The average molecular weight is 284 g/mol. The van der Waals surface area contributed by atoms with E-state index in [1.165, 1.54) is 11.3 Å². The fraction of sp³-hybridized carbons (Fsp3) is 0.636. The lowest BCUT2D eigenvalue weighted by atomic mass is 10.0. The molecule has 0 bridgehead atoms. The van der Waals surface area contributed by atoms with Gasteiger partial charge in [0.1, 0.15) is 5.92 Å². The molecule has 2 heterocycles. The summed E-state index contributed by atoms with van der Waals surface area (Å²) in [6, 6.07) is -0.846. The number of carboxylic acids is 1. The molecular weight excluding hydrogens is 268 g/mol. The Morgan fingerprint density at radius 1 is 1.55 bits per heavy atom. The molecule has 110 valence electrons. The molecule has 9 heteroatoms. The number of carboxylic acid groups (broad SMARTS) is 1. The van der Waals surface area contributed by atoms with Gasteiger partial charge in [0.15, 0.2) is 5.82 Å². The van der Waals surface area contributed by atoms with Gasteiger partial charge in [0.25, 0.3) is 0 Å². The van der Waals surface area contributed by atoms with E-state index in [2.05, 4.69) is 20.0 Å². The number of aromatic nitrogens is 2. The van der Waals surface area contributed by atoms with Crippen LogP contribution in [0.3, 0.4) is 0 Å². The Hall–Kier alpha value is -2.16. The average Bonchev–Trinajstić information content (AvgIpc) is 3.08. The number of likely N-dealkylation sites (N-methyl/N-ethyl adjacent to an activating group) is 1. The molecule has 1 aromatic rings. The summed E-state index contributed by atoms with van der Waals surface area (Å²) in [5.74, 6) is -1.31. The summed E-state index contributed by atoms with van der Waals surface area (Å²) in [5, 5.41) is 15.3. The lowest BCUT2D eigenvalue weighted by molar-refractivity contribution is -0.142. The Morgan fingerprint density at radius 2 is 2.35 bits per heavy atom. The molecule has 20 heavy (non-hydrogen) atoms. The lowest BCUT2D eigenvalue weighted by Gasteiger charge is -2.29. The van der Waals surface area contributed by atoms with E-state index in [-0.39, 0.29) is 25.8 Å². The predicted octanol–water partition coefficient (Wildman–Crippen LogP) is -0.299. The zero-order chi connectivity index (χ0) is 14.5. The first-order chi connectivity index (χ1) is 9.63. The summed E-state index contributed by atoms with van der Waals surface area (Å²) in [7, 11) is 0. The van der Waals surface area contributed by atoms with Crippen LogP contribution in [-0.4, -0.2) is 57.9 Å². The molecule has 2 atom stereocenters. The van der Waals surface area contributed by atoms with Crippen molar-refractivity contribution in [2.75, 3.05) is 19.8 Å². The van der Waals surface area contributed by atoms with Gasteiger partial charge < -0.3 is 24.6 Å². The molecule has 1 aromatic heterocycles. The fourth-order valence-electron chi connectivity index (χ4n) is 2.14. The Kier molecular flexibility index (Phi) is 4.51. The summed E-state index contributed by atoms with van der Waals surface area (Å²) >= 11 is 0. The van der Waals surface area contributed by atoms with Crippen LogP contribution in [0.1, 0.15) is 12.7 Å². The van der Waals surface area contributed by atoms with E-state index in [1.807, 2.05) is 0 Å². The second-order valence-electron chi connectivity index (χ2n) is 4.34. The van der Waals surface area contributed by atoms with Crippen molar-refractivity contribution in [2.45, 2.75) is 19.5 Å². The molecule has 2 rings (SSSR count). The second kappa shape index (κ2) is 6.33. The number of ether oxygens (including phenoxy) is 1. The van der Waals surface area contributed by atoms with Crippen LogP contribution >= 0.6 is 0 Å². The maximum absolute atomic E-state index is 12.1. The van der Waals surface area contributed by atoms with Crippen molar-refractivity contribution in [3.63, 3.8) is 0 Å². The number of hydrogen-bond donors (Lipinski definition) is 2. The Balaban J connectivity index is 1.96. The third-order valence-corrected chi connectivity index (χ3v) is 3.17. The van der Waals surface area contributed by atoms with Crippen molar-refractivity contribution in [3.8, 4) is 0 Å². The highest BCUT2D eigenvalue weighted by Crippen LogP contribution is 2.20. The molecule has 1 aliphatic heterocycles. The highest BCUT2D eigenvalue weighted by atomic mass is 16.5. The highest BCUT2D eigenvalue weighted by Gasteiger charge is 2.39. The quantitative estimate of drug-likeness (QED) is 0.762. The van der Waals surface area contributed by atoms with Crippen molar-refractivity contribution in [1.29, 1.82) is 0 Å². The zero-order valence-electron chi connectivity index (χ0n) is 11.0. The number of nitrogens with zero attached hydrogens (tertiary/aromatic N) is 3. The first-order valence-corrected chi connectivity index (χ1v) is 6.23. The largest absolute Gasteiger partial charge is 0.481 e. The Bertz CT molecular complexity index is 463. The number of rotatable bonds is 5. The van der Waals surface area contributed by atoms with E-state index in [4.69, 9.17) is 9.84 Å². The van der Waals surface area contributed by atoms with Crippen molar-refractivity contribution in [1.82, 2.24) is 20.4 Å². The molecule has 0 radical (unpaired) electrons. The number of carbonyl (C=O) groups excluding carboxylic acids is 1. The van der Waals surface area contributed by atoms with Crippen molar-refractivity contribution >= 4 is 12.0 Å². The van der Waals surface area contributed by atoms with Crippen LogP contribution in [0, 0.1) is 5.92 Å². The van der Waals surface area contributed by atoms with Crippen LogP contribution in [-0.2, 0) is 16.1 Å². The van der Waals surface area contributed by atoms with Gasteiger partial charge in [-0.3, -0.25) is 4.79 Å². The van der Waals surface area contributed by atoms with Gasteiger partial charge in [-0.15, -0.1) is 0 Å². The topological polar surface area (TPSA) is 118 Å². The Labute approximate surface area is 114 Å².